The first-order valence-corrected chi connectivity index (χ1v) is 12.0. The minimum atomic E-state index is -4.41. The molecule has 36 heavy (non-hydrogen) atoms. The molecule has 0 amide bonds. The van der Waals surface area contributed by atoms with E-state index in [9.17, 15) is 9.36 Å². The number of carbonyl (C=O) groups is 1. The van der Waals surface area contributed by atoms with Crippen molar-refractivity contribution in [2.45, 2.75) is 31.0 Å². The standard InChI is InChI=1S/C20H24FN6O8P/c1-3-7-30-20(28)31-10-13-16(35-36(29,32-8-4-2)33-9-5-6-22)14(21)19(34-13)27-12-26-15-17(23)24-11-25-18(15)27/h3-4,11-14,16,19H,1-2,5,7-10H2,(H2,23,24,25)/t13-,14-,16-,19-,36?/m1/s1. The van der Waals surface area contributed by atoms with Crippen molar-refractivity contribution in [1.82, 2.24) is 19.5 Å². The Morgan fingerprint density at radius 3 is 2.78 bits per heavy atom. The molecule has 1 saturated heterocycles. The predicted molar refractivity (Wildman–Crippen MR) is 121 cm³/mol. The molecule has 1 aliphatic rings. The second-order valence-corrected chi connectivity index (χ2v) is 8.72. The molecule has 2 aromatic rings. The summed E-state index contributed by atoms with van der Waals surface area (Å²) in [6.07, 6.45) is -2.49. The average molecular weight is 526 g/mol. The molecule has 1 aliphatic heterocycles. The van der Waals surface area contributed by atoms with Crippen LogP contribution in [0.15, 0.2) is 38.0 Å². The van der Waals surface area contributed by atoms with Gasteiger partial charge in [0.15, 0.2) is 23.9 Å². The highest BCUT2D eigenvalue weighted by Crippen LogP contribution is 2.53. The van der Waals surface area contributed by atoms with E-state index in [1.807, 2.05) is 6.07 Å². The first kappa shape index (κ1) is 27.2. The van der Waals surface area contributed by atoms with Crippen LogP contribution in [0.25, 0.3) is 11.2 Å². The van der Waals surface area contributed by atoms with Crippen LogP contribution in [0.1, 0.15) is 12.6 Å². The topological polar surface area (TPSA) is 183 Å². The number of nitriles is 1. The van der Waals surface area contributed by atoms with Gasteiger partial charge in [0.25, 0.3) is 0 Å². The van der Waals surface area contributed by atoms with Gasteiger partial charge in [-0.1, -0.05) is 18.7 Å². The summed E-state index contributed by atoms with van der Waals surface area (Å²) in [5, 5.41) is 8.75. The first-order valence-electron chi connectivity index (χ1n) is 10.5. The molecule has 0 aliphatic carbocycles. The van der Waals surface area contributed by atoms with Crippen molar-refractivity contribution in [3.63, 3.8) is 0 Å². The van der Waals surface area contributed by atoms with Crippen molar-refractivity contribution in [3.05, 3.63) is 38.0 Å². The van der Waals surface area contributed by atoms with E-state index in [-0.39, 0.29) is 43.2 Å². The lowest BCUT2D eigenvalue weighted by atomic mass is 10.1. The fourth-order valence-electron chi connectivity index (χ4n) is 3.15. The number of fused-ring (bicyclic) bond motifs is 1. The van der Waals surface area contributed by atoms with Gasteiger partial charge in [0.1, 0.15) is 37.3 Å². The van der Waals surface area contributed by atoms with Crippen molar-refractivity contribution >= 4 is 31.0 Å². The normalized spacial score (nSPS) is 23.0. The van der Waals surface area contributed by atoms with Crippen molar-refractivity contribution in [2.24, 2.45) is 0 Å². The molecule has 0 spiro atoms. The van der Waals surface area contributed by atoms with E-state index in [0.29, 0.717) is 0 Å². The Hall–Kier alpha value is -3.41. The summed E-state index contributed by atoms with van der Waals surface area (Å²) in [5.74, 6) is 0.0676. The number of hydrogen-bond acceptors (Lipinski definition) is 13. The Morgan fingerprint density at radius 1 is 1.28 bits per heavy atom. The first-order chi connectivity index (χ1) is 17.3. The van der Waals surface area contributed by atoms with E-state index >= 15 is 4.39 Å². The molecule has 1 fully saturated rings. The van der Waals surface area contributed by atoms with Crippen LogP contribution in [0.5, 0.6) is 0 Å². The van der Waals surface area contributed by atoms with E-state index in [2.05, 4.69) is 28.1 Å². The second-order valence-electron chi connectivity index (χ2n) is 7.10. The number of phosphoric acid groups is 1. The summed E-state index contributed by atoms with van der Waals surface area (Å²) in [5.41, 5.74) is 6.17. The van der Waals surface area contributed by atoms with Gasteiger partial charge in [-0.25, -0.2) is 28.7 Å². The number of phosphoric ester groups is 1. The molecule has 5 atom stereocenters. The molecule has 14 nitrogen and oxygen atoms in total. The fourth-order valence-corrected chi connectivity index (χ4v) is 4.50. The minimum absolute atomic E-state index is 0.0676. The van der Waals surface area contributed by atoms with E-state index in [0.717, 1.165) is 0 Å². The largest absolute Gasteiger partial charge is 0.508 e. The number of nitrogen functional groups attached to an aromatic ring is 1. The molecular formula is C20H24FN6O8P. The quantitative estimate of drug-likeness (QED) is 0.174. The molecule has 0 aromatic carbocycles. The zero-order valence-corrected chi connectivity index (χ0v) is 19.9. The van der Waals surface area contributed by atoms with Gasteiger partial charge in [0.2, 0.25) is 0 Å². The fraction of sp³-hybridized carbons (Fsp3) is 0.450. The SMILES string of the molecule is C=CCOC(=O)OC[C@H]1O[C@@H](n2cnc3c(N)ncnc32)[C@H](F)[C@@H]1OP(=O)(OCC=C)OCCC#N. The second kappa shape index (κ2) is 12.5. The number of hydrogen-bond donors (Lipinski definition) is 1. The van der Waals surface area contributed by atoms with Crippen LogP contribution in [0.2, 0.25) is 0 Å². The number of anilines is 1. The Labute approximate surface area is 205 Å². The number of halogens is 1. The van der Waals surface area contributed by atoms with Gasteiger partial charge in [-0.2, -0.15) is 5.26 Å². The van der Waals surface area contributed by atoms with Crippen molar-refractivity contribution in [3.8, 4) is 6.07 Å². The average Bonchev–Trinajstić information content (AvgIpc) is 3.42. The third-order valence-electron chi connectivity index (χ3n) is 4.68. The zero-order valence-electron chi connectivity index (χ0n) is 19.0. The summed E-state index contributed by atoms with van der Waals surface area (Å²) >= 11 is 0. The van der Waals surface area contributed by atoms with E-state index in [1.54, 1.807) is 0 Å². The number of imidazole rings is 1. The zero-order chi connectivity index (χ0) is 26.1. The highest BCUT2D eigenvalue weighted by Gasteiger charge is 2.51. The molecule has 3 rings (SSSR count). The van der Waals surface area contributed by atoms with Crippen LogP contribution in [0, 0.1) is 11.3 Å². The summed E-state index contributed by atoms with van der Waals surface area (Å²) < 4.78 is 61.5. The molecule has 0 bridgehead atoms. The Balaban J connectivity index is 1.88. The van der Waals surface area contributed by atoms with Crippen LogP contribution in [0.3, 0.4) is 0 Å². The highest BCUT2D eigenvalue weighted by atomic mass is 31.2. The number of ether oxygens (including phenoxy) is 3. The molecule has 194 valence electrons. The predicted octanol–water partition coefficient (Wildman–Crippen LogP) is 2.61. The van der Waals surface area contributed by atoms with Gasteiger partial charge in [-0.15, -0.1) is 6.58 Å². The minimum Gasteiger partial charge on any atom is -0.431 e. The molecular weight excluding hydrogens is 502 g/mol. The van der Waals surface area contributed by atoms with E-state index in [1.165, 1.54) is 29.4 Å². The van der Waals surface area contributed by atoms with Gasteiger partial charge >= 0.3 is 14.0 Å². The highest BCUT2D eigenvalue weighted by molar-refractivity contribution is 7.48. The number of nitrogens with zero attached hydrogens (tertiary/aromatic N) is 5. The van der Waals surface area contributed by atoms with Crippen LogP contribution >= 0.6 is 7.82 Å². The van der Waals surface area contributed by atoms with Gasteiger partial charge in [0.05, 0.1) is 32.0 Å². The molecule has 16 heteroatoms. The molecule has 2 N–H and O–H groups in total. The smallest absolute Gasteiger partial charge is 0.431 e. The number of rotatable bonds is 13. The summed E-state index contributed by atoms with van der Waals surface area (Å²) in [6.45, 7) is 5.66. The van der Waals surface area contributed by atoms with Crippen LogP contribution in [-0.4, -0.2) is 70.5 Å². The summed E-state index contributed by atoms with van der Waals surface area (Å²) in [4.78, 5) is 23.8. The van der Waals surface area contributed by atoms with E-state index in [4.69, 9.17) is 38.8 Å². The van der Waals surface area contributed by atoms with Crippen molar-refractivity contribution in [1.29, 1.82) is 5.26 Å². The summed E-state index contributed by atoms with van der Waals surface area (Å²) in [6, 6.07) is 1.82. The van der Waals surface area contributed by atoms with Gasteiger partial charge in [-0.3, -0.25) is 18.1 Å². The lowest BCUT2D eigenvalue weighted by Crippen LogP contribution is -2.35. The number of carbonyl (C=O) groups excluding carboxylic acids is 1. The number of alkyl halides is 1. The monoisotopic (exact) mass is 526 g/mol. The van der Waals surface area contributed by atoms with Gasteiger partial charge in [0, 0.05) is 0 Å². The lowest BCUT2D eigenvalue weighted by molar-refractivity contribution is -0.0580. The maximum absolute atomic E-state index is 15.8. The Morgan fingerprint density at radius 2 is 2.06 bits per heavy atom. The molecule has 3 heterocycles. The Kier molecular flexibility index (Phi) is 9.45. The number of aromatic nitrogens is 4. The number of nitrogens with two attached hydrogens (primary N) is 1. The maximum Gasteiger partial charge on any atom is 0.508 e. The molecule has 2 aromatic heterocycles. The van der Waals surface area contributed by atoms with Crippen molar-refractivity contribution in [2.75, 3.05) is 32.2 Å². The third-order valence-corrected chi connectivity index (χ3v) is 6.14. The van der Waals surface area contributed by atoms with Crippen LogP contribution < -0.4 is 5.73 Å². The van der Waals surface area contributed by atoms with Crippen LogP contribution in [0.4, 0.5) is 15.0 Å². The molecule has 0 saturated carbocycles. The Bertz CT molecular complexity index is 1170. The third kappa shape index (κ3) is 6.42. The van der Waals surface area contributed by atoms with Crippen LogP contribution in [-0.2, 0) is 32.3 Å². The maximum atomic E-state index is 15.8. The molecule has 0 radical (unpaired) electrons. The van der Waals surface area contributed by atoms with Crippen molar-refractivity contribution < 1.29 is 41.5 Å². The summed E-state index contributed by atoms with van der Waals surface area (Å²) in [7, 11) is -4.41. The lowest BCUT2D eigenvalue weighted by Gasteiger charge is -2.24. The molecule has 1 unspecified atom stereocenters. The van der Waals surface area contributed by atoms with E-state index < -0.39 is 45.2 Å². The van der Waals surface area contributed by atoms with Gasteiger partial charge in [-0.05, 0) is 0 Å². The van der Waals surface area contributed by atoms with Gasteiger partial charge < -0.3 is 19.9 Å².